The van der Waals surface area contributed by atoms with Crippen LogP contribution in [0, 0.1) is 5.82 Å². The highest BCUT2D eigenvalue weighted by atomic mass is 79.9. The minimum Gasteiger partial charge on any atom is -0.353 e. The fraction of sp³-hybridized carbons (Fsp3) is 0. The Morgan fingerprint density at radius 2 is 1.90 bits per heavy atom. The number of hydrogen-bond donors (Lipinski definition) is 1. The number of pyridine rings is 1. The molecule has 2 aromatic carbocycles. The third kappa shape index (κ3) is 2.03. The number of hydrogen-bond acceptors (Lipinski definition) is 1. The summed E-state index contributed by atoms with van der Waals surface area (Å²) in [6, 6.07) is 14.7. The van der Waals surface area contributed by atoms with Crippen molar-refractivity contribution in [1.82, 2.24) is 9.97 Å². The van der Waals surface area contributed by atoms with E-state index in [0.29, 0.717) is 0 Å². The van der Waals surface area contributed by atoms with E-state index in [-0.39, 0.29) is 5.82 Å². The maximum absolute atomic E-state index is 13.4. The molecule has 102 valence electrons. The molecule has 0 aliphatic carbocycles. The molecule has 2 aromatic heterocycles. The molecule has 0 radical (unpaired) electrons. The van der Waals surface area contributed by atoms with E-state index in [0.717, 1.165) is 37.5 Å². The van der Waals surface area contributed by atoms with Crippen LogP contribution in [0.15, 0.2) is 59.2 Å². The third-order valence-electron chi connectivity index (χ3n) is 3.58. The number of nitrogens with one attached hydrogen (secondary N) is 1. The second kappa shape index (κ2) is 4.67. The molecule has 0 amide bonds. The summed E-state index contributed by atoms with van der Waals surface area (Å²) < 4.78 is 14.4. The standard InChI is InChI=1S/C17H10BrFN2/c18-11-3-1-2-10(8-11)16-17-14(6-7-20-16)13-5-4-12(19)9-15(13)21-17/h1-9,21H. The zero-order valence-electron chi connectivity index (χ0n) is 10.9. The highest BCUT2D eigenvalue weighted by Crippen LogP contribution is 2.32. The van der Waals surface area contributed by atoms with Gasteiger partial charge in [-0.2, -0.15) is 0 Å². The van der Waals surface area contributed by atoms with Gasteiger partial charge in [-0.3, -0.25) is 4.98 Å². The average Bonchev–Trinajstić information content (AvgIpc) is 2.84. The van der Waals surface area contributed by atoms with Gasteiger partial charge in [0.15, 0.2) is 0 Å². The minimum absolute atomic E-state index is 0.244. The first kappa shape index (κ1) is 12.5. The number of aromatic amines is 1. The monoisotopic (exact) mass is 340 g/mol. The second-order valence-electron chi connectivity index (χ2n) is 4.91. The Hall–Kier alpha value is -2.20. The first-order valence-corrected chi connectivity index (χ1v) is 7.33. The van der Waals surface area contributed by atoms with Crippen LogP contribution >= 0.6 is 15.9 Å². The lowest BCUT2D eigenvalue weighted by molar-refractivity contribution is 0.629. The van der Waals surface area contributed by atoms with Crippen molar-refractivity contribution in [2.75, 3.05) is 0 Å². The van der Waals surface area contributed by atoms with Crippen LogP contribution in [0.1, 0.15) is 0 Å². The van der Waals surface area contributed by atoms with Crippen LogP contribution in [0.2, 0.25) is 0 Å². The van der Waals surface area contributed by atoms with Crippen LogP contribution in [-0.4, -0.2) is 9.97 Å². The molecule has 0 fully saturated rings. The third-order valence-corrected chi connectivity index (χ3v) is 4.07. The van der Waals surface area contributed by atoms with Crippen LogP contribution in [-0.2, 0) is 0 Å². The van der Waals surface area contributed by atoms with E-state index < -0.39 is 0 Å². The summed E-state index contributed by atoms with van der Waals surface area (Å²) >= 11 is 3.48. The predicted octanol–water partition coefficient (Wildman–Crippen LogP) is 5.28. The molecule has 4 heteroatoms. The minimum atomic E-state index is -0.244. The molecular weight excluding hydrogens is 331 g/mol. The first-order chi connectivity index (χ1) is 10.2. The lowest BCUT2D eigenvalue weighted by atomic mass is 10.1. The maximum Gasteiger partial charge on any atom is 0.125 e. The van der Waals surface area contributed by atoms with Crippen molar-refractivity contribution in [3.63, 3.8) is 0 Å². The van der Waals surface area contributed by atoms with Crippen LogP contribution in [0.3, 0.4) is 0 Å². The van der Waals surface area contributed by atoms with Gasteiger partial charge in [0, 0.05) is 32.5 Å². The largest absolute Gasteiger partial charge is 0.353 e. The van der Waals surface area contributed by atoms with Gasteiger partial charge in [0.25, 0.3) is 0 Å². The molecule has 0 unspecified atom stereocenters. The van der Waals surface area contributed by atoms with Gasteiger partial charge < -0.3 is 4.98 Å². The zero-order chi connectivity index (χ0) is 14.4. The molecule has 0 atom stereocenters. The van der Waals surface area contributed by atoms with E-state index in [1.54, 1.807) is 12.3 Å². The van der Waals surface area contributed by atoms with E-state index in [1.165, 1.54) is 12.1 Å². The summed E-state index contributed by atoms with van der Waals surface area (Å²) in [4.78, 5) is 7.78. The van der Waals surface area contributed by atoms with Gasteiger partial charge in [0.05, 0.1) is 11.2 Å². The molecular formula is C17H10BrFN2. The van der Waals surface area contributed by atoms with Crippen LogP contribution in [0.5, 0.6) is 0 Å². The van der Waals surface area contributed by atoms with Gasteiger partial charge >= 0.3 is 0 Å². The van der Waals surface area contributed by atoms with Gasteiger partial charge in [-0.25, -0.2) is 4.39 Å². The summed E-state index contributed by atoms with van der Waals surface area (Å²) in [6.45, 7) is 0. The van der Waals surface area contributed by atoms with E-state index >= 15 is 0 Å². The first-order valence-electron chi connectivity index (χ1n) is 6.54. The number of nitrogens with zero attached hydrogens (tertiary/aromatic N) is 1. The normalized spacial score (nSPS) is 11.3. The smallest absolute Gasteiger partial charge is 0.125 e. The molecule has 4 aromatic rings. The Balaban J connectivity index is 2.08. The molecule has 0 aliphatic rings. The van der Waals surface area contributed by atoms with Crippen molar-refractivity contribution in [1.29, 1.82) is 0 Å². The molecule has 0 spiro atoms. The Morgan fingerprint density at radius 1 is 1.00 bits per heavy atom. The van der Waals surface area contributed by atoms with Crippen molar-refractivity contribution < 1.29 is 4.39 Å². The Labute approximate surface area is 128 Å². The van der Waals surface area contributed by atoms with E-state index in [4.69, 9.17) is 0 Å². The Morgan fingerprint density at radius 3 is 2.76 bits per heavy atom. The maximum atomic E-state index is 13.4. The number of H-pyrrole nitrogens is 1. The average molecular weight is 341 g/mol. The summed E-state index contributed by atoms with van der Waals surface area (Å²) in [7, 11) is 0. The molecule has 0 bridgehead atoms. The quantitative estimate of drug-likeness (QED) is 0.501. The highest BCUT2D eigenvalue weighted by molar-refractivity contribution is 9.10. The van der Waals surface area contributed by atoms with Crippen LogP contribution in [0.25, 0.3) is 33.1 Å². The SMILES string of the molecule is Fc1ccc2c(c1)[nH]c1c(-c3cccc(Br)c3)nccc12. The van der Waals surface area contributed by atoms with Crippen molar-refractivity contribution in [3.05, 3.63) is 65.0 Å². The van der Waals surface area contributed by atoms with Crippen molar-refractivity contribution >= 4 is 37.7 Å². The molecule has 0 aliphatic heterocycles. The van der Waals surface area contributed by atoms with Gasteiger partial charge in [-0.1, -0.05) is 28.1 Å². The molecule has 1 N–H and O–H groups in total. The molecule has 4 rings (SSSR count). The number of halogens is 2. The lowest BCUT2D eigenvalue weighted by Crippen LogP contribution is -1.85. The zero-order valence-corrected chi connectivity index (χ0v) is 12.5. The number of rotatable bonds is 1. The fourth-order valence-corrected chi connectivity index (χ4v) is 3.06. The van der Waals surface area contributed by atoms with Gasteiger partial charge in [-0.15, -0.1) is 0 Å². The van der Waals surface area contributed by atoms with Crippen molar-refractivity contribution in [3.8, 4) is 11.3 Å². The summed E-state index contributed by atoms with van der Waals surface area (Å²) in [5.41, 5.74) is 3.60. The molecule has 0 saturated heterocycles. The van der Waals surface area contributed by atoms with Crippen LogP contribution in [0.4, 0.5) is 4.39 Å². The van der Waals surface area contributed by atoms with Gasteiger partial charge in [0.2, 0.25) is 0 Å². The van der Waals surface area contributed by atoms with Gasteiger partial charge in [-0.05, 0) is 36.4 Å². The summed E-state index contributed by atoms with van der Waals surface area (Å²) in [5.74, 6) is -0.244. The number of benzene rings is 2. The molecule has 2 nitrogen and oxygen atoms in total. The summed E-state index contributed by atoms with van der Waals surface area (Å²) in [5, 5.41) is 2.06. The number of aromatic nitrogens is 2. The number of fused-ring (bicyclic) bond motifs is 3. The lowest BCUT2D eigenvalue weighted by Gasteiger charge is -2.03. The van der Waals surface area contributed by atoms with Crippen molar-refractivity contribution in [2.24, 2.45) is 0 Å². The van der Waals surface area contributed by atoms with Gasteiger partial charge in [0.1, 0.15) is 5.82 Å². The molecule has 0 saturated carbocycles. The predicted molar refractivity (Wildman–Crippen MR) is 86.7 cm³/mol. The van der Waals surface area contributed by atoms with E-state index in [1.807, 2.05) is 30.3 Å². The Bertz CT molecular complexity index is 975. The topological polar surface area (TPSA) is 28.7 Å². The second-order valence-corrected chi connectivity index (χ2v) is 5.82. The van der Waals surface area contributed by atoms with E-state index in [2.05, 4.69) is 25.9 Å². The molecule has 2 heterocycles. The Kier molecular flexibility index (Phi) is 2.79. The van der Waals surface area contributed by atoms with Crippen molar-refractivity contribution in [2.45, 2.75) is 0 Å². The molecule has 21 heavy (non-hydrogen) atoms. The summed E-state index contributed by atoms with van der Waals surface area (Å²) in [6.07, 6.45) is 1.79. The highest BCUT2D eigenvalue weighted by Gasteiger charge is 2.11. The van der Waals surface area contributed by atoms with Crippen LogP contribution < -0.4 is 0 Å². The van der Waals surface area contributed by atoms with E-state index in [9.17, 15) is 4.39 Å². The fourth-order valence-electron chi connectivity index (χ4n) is 2.66.